The van der Waals surface area contributed by atoms with Gasteiger partial charge in [0.05, 0.1) is 0 Å². The predicted octanol–water partition coefficient (Wildman–Crippen LogP) is 3.49. The van der Waals surface area contributed by atoms with Crippen molar-refractivity contribution >= 4 is 15.9 Å². The number of nitrogens with two attached hydrogens (primary N) is 1. The molecular weight excluding hydrogens is 238 g/mol. The third-order valence-corrected chi connectivity index (χ3v) is 3.71. The molecule has 1 nitrogen and oxygen atoms in total. The molecule has 76 valence electrons. The Morgan fingerprint density at radius 1 is 1.29 bits per heavy atom. The molecule has 1 aromatic rings. The number of aryl methyl sites for hydroxylation is 1. The van der Waals surface area contributed by atoms with Crippen molar-refractivity contribution < 1.29 is 0 Å². The first-order chi connectivity index (χ1) is 6.62. The average molecular weight is 254 g/mol. The molecule has 1 fully saturated rings. The van der Waals surface area contributed by atoms with E-state index >= 15 is 0 Å². The maximum Gasteiger partial charge on any atom is 0.0412 e. The van der Waals surface area contributed by atoms with Crippen molar-refractivity contribution in [2.75, 3.05) is 0 Å². The maximum absolute atomic E-state index is 6.42. The molecule has 0 aliphatic heterocycles. The summed E-state index contributed by atoms with van der Waals surface area (Å²) in [6, 6.07) is 6.42. The summed E-state index contributed by atoms with van der Waals surface area (Å²) >= 11 is 3.48. The molecule has 0 aromatic heterocycles. The lowest BCUT2D eigenvalue weighted by Crippen LogP contribution is -2.33. The van der Waals surface area contributed by atoms with Crippen molar-refractivity contribution in [3.8, 4) is 0 Å². The highest BCUT2D eigenvalue weighted by Gasteiger charge is 2.32. The van der Waals surface area contributed by atoms with Gasteiger partial charge in [-0.25, -0.2) is 0 Å². The summed E-state index contributed by atoms with van der Waals surface area (Å²) in [6.45, 7) is 2.15. The van der Waals surface area contributed by atoms with Crippen LogP contribution in [0.5, 0.6) is 0 Å². The molecule has 0 atom stereocenters. The first-order valence-electron chi connectivity index (χ1n) is 5.17. The summed E-state index contributed by atoms with van der Waals surface area (Å²) in [4.78, 5) is 0. The Kier molecular flexibility index (Phi) is 2.67. The molecule has 1 aliphatic carbocycles. The van der Waals surface area contributed by atoms with Crippen LogP contribution in [-0.4, -0.2) is 0 Å². The van der Waals surface area contributed by atoms with E-state index in [-0.39, 0.29) is 5.54 Å². The van der Waals surface area contributed by atoms with Crippen molar-refractivity contribution in [3.05, 3.63) is 33.8 Å². The van der Waals surface area contributed by atoms with Crippen molar-refractivity contribution in [1.82, 2.24) is 0 Å². The van der Waals surface area contributed by atoms with Crippen LogP contribution in [0.25, 0.3) is 0 Å². The highest BCUT2D eigenvalue weighted by Crippen LogP contribution is 2.38. The van der Waals surface area contributed by atoms with Gasteiger partial charge in [0, 0.05) is 10.0 Å². The molecule has 2 N–H and O–H groups in total. The first-order valence-corrected chi connectivity index (χ1v) is 5.97. The van der Waals surface area contributed by atoms with Gasteiger partial charge >= 0.3 is 0 Å². The third-order valence-electron chi connectivity index (χ3n) is 3.22. The van der Waals surface area contributed by atoms with E-state index in [0.717, 1.165) is 17.3 Å². The van der Waals surface area contributed by atoms with E-state index in [9.17, 15) is 0 Å². The molecule has 0 saturated heterocycles. The van der Waals surface area contributed by atoms with E-state index in [2.05, 4.69) is 41.1 Å². The fourth-order valence-electron chi connectivity index (χ4n) is 2.46. The molecule has 0 heterocycles. The predicted molar refractivity (Wildman–Crippen MR) is 63.2 cm³/mol. The standard InChI is InChI=1S/C12H16BrN/c1-9-8-10(13)4-5-11(9)12(14)6-2-3-7-12/h4-5,8H,2-3,6-7,14H2,1H3. The third kappa shape index (κ3) is 1.73. The van der Waals surface area contributed by atoms with Gasteiger partial charge in [-0.15, -0.1) is 0 Å². The van der Waals surface area contributed by atoms with Crippen LogP contribution in [0.1, 0.15) is 36.8 Å². The Morgan fingerprint density at radius 2 is 1.93 bits per heavy atom. The summed E-state index contributed by atoms with van der Waals surface area (Å²) in [7, 11) is 0. The van der Waals surface area contributed by atoms with E-state index in [1.54, 1.807) is 0 Å². The van der Waals surface area contributed by atoms with Gasteiger partial charge in [-0.1, -0.05) is 34.8 Å². The van der Waals surface area contributed by atoms with Crippen molar-refractivity contribution in [3.63, 3.8) is 0 Å². The topological polar surface area (TPSA) is 26.0 Å². The number of hydrogen-bond acceptors (Lipinski definition) is 1. The second-order valence-electron chi connectivity index (χ2n) is 4.32. The molecule has 1 saturated carbocycles. The van der Waals surface area contributed by atoms with Crippen molar-refractivity contribution in [2.45, 2.75) is 38.1 Å². The second-order valence-corrected chi connectivity index (χ2v) is 5.24. The quantitative estimate of drug-likeness (QED) is 0.815. The normalized spacial score (nSPS) is 19.9. The average Bonchev–Trinajstić information content (AvgIpc) is 2.52. The zero-order chi connectivity index (χ0) is 10.2. The summed E-state index contributed by atoms with van der Waals surface area (Å²) in [6.07, 6.45) is 4.81. The van der Waals surface area contributed by atoms with Crippen LogP contribution >= 0.6 is 15.9 Å². The number of hydrogen-bond donors (Lipinski definition) is 1. The lowest BCUT2D eigenvalue weighted by molar-refractivity contribution is 0.459. The molecule has 0 unspecified atom stereocenters. The zero-order valence-corrected chi connectivity index (χ0v) is 10.1. The van der Waals surface area contributed by atoms with E-state index in [0.29, 0.717) is 0 Å². The highest BCUT2D eigenvalue weighted by atomic mass is 79.9. The molecule has 0 amide bonds. The van der Waals surface area contributed by atoms with E-state index in [1.807, 2.05) is 0 Å². The maximum atomic E-state index is 6.42. The van der Waals surface area contributed by atoms with E-state index in [1.165, 1.54) is 24.0 Å². The number of halogens is 1. The molecule has 0 spiro atoms. The smallest absolute Gasteiger partial charge is 0.0412 e. The SMILES string of the molecule is Cc1cc(Br)ccc1C1(N)CCCC1. The summed E-state index contributed by atoms with van der Waals surface area (Å²) in [5.74, 6) is 0. The molecule has 14 heavy (non-hydrogen) atoms. The summed E-state index contributed by atoms with van der Waals surface area (Å²) in [5.41, 5.74) is 9.01. The number of benzene rings is 1. The Bertz CT molecular complexity index is 340. The number of rotatable bonds is 1. The Balaban J connectivity index is 2.40. The second kappa shape index (κ2) is 3.67. The first kappa shape index (κ1) is 10.2. The zero-order valence-electron chi connectivity index (χ0n) is 8.52. The van der Waals surface area contributed by atoms with Crippen LogP contribution in [-0.2, 0) is 5.54 Å². The lowest BCUT2D eigenvalue weighted by atomic mass is 9.86. The lowest BCUT2D eigenvalue weighted by Gasteiger charge is -2.26. The van der Waals surface area contributed by atoms with Crippen LogP contribution < -0.4 is 5.73 Å². The fraction of sp³-hybridized carbons (Fsp3) is 0.500. The molecule has 1 aliphatic rings. The van der Waals surface area contributed by atoms with Gasteiger partial charge in [0.15, 0.2) is 0 Å². The van der Waals surface area contributed by atoms with E-state index < -0.39 is 0 Å². The molecule has 1 aromatic carbocycles. The Hall–Kier alpha value is -0.340. The van der Waals surface area contributed by atoms with Crippen LogP contribution in [0, 0.1) is 6.92 Å². The molecule has 0 radical (unpaired) electrons. The van der Waals surface area contributed by atoms with Gasteiger partial charge in [-0.05, 0) is 43.0 Å². The Morgan fingerprint density at radius 3 is 2.50 bits per heavy atom. The van der Waals surface area contributed by atoms with Gasteiger partial charge in [-0.2, -0.15) is 0 Å². The minimum Gasteiger partial charge on any atom is -0.321 e. The molecule has 2 heteroatoms. The fourth-order valence-corrected chi connectivity index (χ4v) is 2.94. The van der Waals surface area contributed by atoms with Crippen LogP contribution in [0.15, 0.2) is 22.7 Å². The largest absolute Gasteiger partial charge is 0.321 e. The van der Waals surface area contributed by atoms with Gasteiger partial charge in [-0.3, -0.25) is 0 Å². The van der Waals surface area contributed by atoms with Crippen LogP contribution in [0.2, 0.25) is 0 Å². The Labute approximate surface area is 93.8 Å². The van der Waals surface area contributed by atoms with Crippen LogP contribution in [0.3, 0.4) is 0 Å². The van der Waals surface area contributed by atoms with Crippen LogP contribution in [0.4, 0.5) is 0 Å². The van der Waals surface area contributed by atoms with Gasteiger partial charge < -0.3 is 5.73 Å². The summed E-state index contributed by atoms with van der Waals surface area (Å²) < 4.78 is 1.14. The van der Waals surface area contributed by atoms with Gasteiger partial charge in [0.2, 0.25) is 0 Å². The molecular formula is C12H16BrN. The minimum absolute atomic E-state index is 0.0508. The summed E-state index contributed by atoms with van der Waals surface area (Å²) in [5, 5.41) is 0. The van der Waals surface area contributed by atoms with Crippen molar-refractivity contribution in [1.29, 1.82) is 0 Å². The van der Waals surface area contributed by atoms with Crippen molar-refractivity contribution in [2.24, 2.45) is 5.73 Å². The van der Waals surface area contributed by atoms with Gasteiger partial charge in [0.25, 0.3) is 0 Å². The highest BCUT2D eigenvalue weighted by molar-refractivity contribution is 9.10. The van der Waals surface area contributed by atoms with Gasteiger partial charge in [0.1, 0.15) is 0 Å². The molecule has 0 bridgehead atoms. The minimum atomic E-state index is -0.0508. The van der Waals surface area contributed by atoms with E-state index in [4.69, 9.17) is 5.73 Å². The molecule has 2 rings (SSSR count). The monoisotopic (exact) mass is 253 g/mol.